The van der Waals surface area contributed by atoms with Crippen LogP contribution in [-0.4, -0.2) is 9.55 Å². The summed E-state index contributed by atoms with van der Waals surface area (Å²) in [5, 5.41) is 0.681. The fraction of sp³-hybridized carbons (Fsp3) is 0.500. The molecule has 0 amide bonds. The fourth-order valence-electron chi connectivity index (χ4n) is 0.870. The number of imidazole rings is 1. The van der Waals surface area contributed by atoms with Crippen LogP contribution in [0.1, 0.15) is 12.7 Å². The molecule has 0 bridgehead atoms. The molecular formula is C6H8BrClN2. The van der Waals surface area contributed by atoms with Crippen molar-refractivity contribution >= 4 is 27.5 Å². The van der Waals surface area contributed by atoms with E-state index < -0.39 is 0 Å². The van der Waals surface area contributed by atoms with Crippen molar-refractivity contribution in [3.05, 3.63) is 15.6 Å². The Morgan fingerprint density at radius 1 is 1.70 bits per heavy atom. The molecule has 0 aliphatic rings. The molecule has 0 saturated carbocycles. The predicted octanol–water partition coefficient (Wildman–Crippen LogP) is 2.63. The molecule has 1 rings (SSSR count). The van der Waals surface area contributed by atoms with Crippen LogP contribution in [0.4, 0.5) is 0 Å². The lowest BCUT2D eigenvalue weighted by Gasteiger charge is -1.99. The van der Waals surface area contributed by atoms with E-state index in [4.69, 9.17) is 11.6 Å². The van der Waals surface area contributed by atoms with Gasteiger partial charge in [0.1, 0.15) is 15.6 Å². The predicted molar refractivity (Wildman–Crippen MR) is 45.3 cm³/mol. The first-order valence-electron chi connectivity index (χ1n) is 3.05. The summed E-state index contributed by atoms with van der Waals surface area (Å²) in [7, 11) is 0. The number of hydrogen-bond donors (Lipinski definition) is 0. The van der Waals surface area contributed by atoms with Gasteiger partial charge in [0.05, 0.1) is 0 Å². The maximum atomic E-state index is 5.87. The summed E-state index contributed by atoms with van der Waals surface area (Å²) in [6, 6.07) is 0. The monoisotopic (exact) mass is 222 g/mol. The van der Waals surface area contributed by atoms with E-state index >= 15 is 0 Å². The highest BCUT2D eigenvalue weighted by atomic mass is 79.9. The van der Waals surface area contributed by atoms with E-state index in [1.165, 1.54) is 0 Å². The lowest BCUT2D eigenvalue weighted by Crippen LogP contribution is -1.96. The smallest absolute Gasteiger partial charge is 0.143 e. The molecule has 0 spiro atoms. The Morgan fingerprint density at radius 3 is 2.50 bits per heavy atom. The van der Waals surface area contributed by atoms with E-state index in [0.717, 1.165) is 17.0 Å². The number of aryl methyl sites for hydroxylation is 1. The normalized spacial score (nSPS) is 10.4. The highest BCUT2D eigenvalue weighted by molar-refractivity contribution is 9.10. The first-order valence-corrected chi connectivity index (χ1v) is 4.22. The van der Waals surface area contributed by atoms with Crippen LogP contribution < -0.4 is 0 Å². The van der Waals surface area contributed by atoms with Crippen LogP contribution in [0, 0.1) is 6.92 Å². The summed E-state index contributed by atoms with van der Waals surface area (Å²) in [5.74, 6) is 0.944. The van der Waals surface area contributed by atoms with Crippen LogP contribution >= 0.6 is 27.5 Å². The molecule has 1 heterocycles. The zero-order chi connectivity index (χ0) is 7.72. The Bertz CT molecular complexity index is 244. The summed E-state index contributed by atoms with van der Waals surface area (Å²) in [4.78, 5) is 4.13. The van der Waals surface area contributed by atoms with E-state index in [0.29, 0.717) is 5.15 Å². The minimum Gasteiger partial charge on any atom is -0.319 e. The molecule has 10 heavy (non-hydrogen) atoms. The van der Waals surface area contributed by atoms with Crippen molar-refractivity contribution in [1.29, 1.82) is 0 Å². The van der Waals surface area contributed by atoms with E-state index in [9.17, 15) is 0 Å². The molecule has 1 aromatic rings. The molecule has 0 atom stereocenters. The third-order valence-corrected chi connectivity index (χ3v) is 2.54. The van der Waals surface area contributed by atoms with Crippen molar-refractivity contribution in [2.45, 2.75) is 20.4 Å². The maximum Gasteiger partial charge on any atom is 0.143 e. The quantitative estimate of drug-likeness (QED) is 0.716. The Labute approximate surface area is 73.3 Å². The number of nitrogens with zero attached hydrogens (tertiary/aromatic N) is 2. The van der Waals surface area contributed by atoms with Crippen LogP contribution in [0.5, 0.6) is 0 Å². The van der Waals surface area contributed by atoms with Crippen LogP contribution in [0.25, 0.3) is 0 Å². The van der Waals surface area contributed by atoms with Gasteiger partial charge in [0.25, 0.3) is 0 Å². The molecule has 0 unspecified atom stereocenters. The molecule has 0 aliphatic heterocycles. The third-order valence-electron chi connectivity index (χ3n) is 1.37. The number of hydrogen-bond acceptors (Lipinski definition) is 1. The van der Waals surface area contributed by atoms with Gasteiger partial charge in [-0.25, -0.2) is 4.98 Å². The van der Waals surface area contributed by atoms with Crippen molar-refractivity contribution in [3.8, 4) is 0 Å². The van der Waals surface area contributed by atoms with Crippen LogP contribution in [0.15, 0.2) is 4.60 Å². The number of aromatic nitrogens is 2. The highest BCUT2D eigenvalue weighted by Gasteiger charge is 2.07. The first kappa shape index (κ1) is 8.08. The summed E-state index contributed by atoms with van der Waals surface area (Å²) in [5.41, 5.74) is 0. The van der Waals surface area contributed by atoms with Crippen LogP contribution in [0.3, 0.4) is 0 Å². The van der Waals surface area contributed by atoms with Gasteiger partial charge in [0.2, 0.25) is 0 Å². The minimum absolute atomic E-state index is 0.681. The summed E-state index contributed by atoms with van der Waals surface area (Å²) < 4.78 is 2.67. The zero-order valence-corrected chi connectivity index (χ0v) is 8.20. The van der Waals surface area contributed by atoms with Gasteiger partial charge in [-0.3, -0.25) is 0 Å². The molecule has 1 aromatic heterocycles. The number of halogens is 2. The second-order valence-corrected chi connectivity index (χ2v) is 3.09. The van der Waals surface area contributed by atoms with Gasteiger partial charge in [-0.15, -0.1) is 0 Å². The lowest BCUT2D eigenvalue weighted by atomic mass is 10.6. The van der Waals surface area contributed by atoms with Crippen molar-refractivity contribution in [1.82, 2.24) is 9.55 Å². The van der Waals surface area contributed by atoms with Crippen molar-refractivity contribution in [3.63, 3.8) is 0 Å². The molecule has 56 valence electrons. The Morgan fingerprint density at radius 2 is 2.30 bits per heavy atom. The van der Waals surface area contributed by atoms with E-state index in [-0.39, 0.29) is 0 Å². The zero-order valence-electron chi connectivity index (χ0n) is 5.86. The van der Waals surface area contributed by atoms with Gasteiger partial charge in [-0.1, -0.05) is 11.6 Å². The summed E-state index contributed by atoms with van der Waals surface area (Å²) in [6.45, 7) is 4.83. The highest BCUT2D eigenvalue weighted by Crippen LogP contribution is 2.22. The van der Waals surface area contributed by atoms with Gasteiger partial charge >= 0.3 is 0 Å². The van der Waals surface area contributed by atoms with Crippen LogP contribution in [0.2, 0.25) is 5.15 Å². The molecule has 0 saturated heterocycles. The first-order chi connectivity index (χ1) is 4.66. The van der Waals surface area contributed by atoms with Gasteiger partial charge in [-0.05, 0) is 29.8 Å². The van der Waals surface area contributed by atoms with Gasteiger partial charge in [0, 0.05) is 6.54 Å². The van der Waals surface area contributed by atoms with E-state index in [2.05, 4.69) is 20.9 Å². The van der Waals surface area contributed by atoms with Crippen molar-refractivity contribution in [2.24, 2.45) is 0 Å². The number of rotatable bonds is 1. The van der Waals surface area contributed by atoms with Gasteiger partial charge in [0.15, 0.2) is 0 Å². The van der Waals surface area contributed by atoms with E-state index in [1.807, 2.05) is 18.4 Å². The van der Waals surface area contributed by atoms with Gasteiger partial charge < -0.3 is 4.57 Å². The van der Waals surface area contributed by atoms with E-state index in [1.54, 1.807) is 0 Å². The van der Waals surface area contributed by atoms with Crippen molar-refractivity contribution < 1.29 is 0 Å². The summed E-state index contributed by atoms with van der Waals surface area (Å²) in [6.07, 6.45) is 0. The SMILES string of the molecule is CCn1c(C)nc(Br)c1Cl. The molecule has 4 heteroatoms. The largest absolute Gasteiger partial charge is 0.319 e. The fourth-order valence-corrected chi connectivity index (χ4v) is 1.62. The molecular weight excluding hydrogens is 215 g/mol. The molecule has 0 N–H and O–H groups in total. The topological polar surface area (TPSA) is 17.8 Å². The molecule has 0 aromatic carbocycles. The Hall–Kier alpha value is -0.0200. The molecule has 0 aliphatic carbocycles. The van der Waals surface area contributed by atoms with Crippen molar-refractivity contribution in [2.75, 3.05) is 0 Å². The van der Waals surface area contributed by atoms with Crippen LogP contribution in [-0.2, 0) is 6.54 Å². The Kier molecular flexibility index (Phi) is 2.36. The molecule has 2 nitrogen and oxygen atoms in total. The minimum atomic E-state index is 0.681. The molecule has 0 radical (unpaired) electrons. The second-order valence-electron chi connectivity index (χ2n) is 1.98. The lowest BCUT2D eigenvalue weighted by molar-refractivity contribution is 0.731. The standard InChI is InChI=1S/C6H8BrClN2/c1-3-10-4(2)9-5(7)6(10)8/h3H2,1-2H3. The second kappa shape index (κ2) is 2.93. The third kappa shape index (κ3) is 1.20. The summed E-state index contributed by atoms with van der Waals surface area (Å²) >= 11 is 9.11. The average molecular weight is 224 g/mol. The Balaban J connectivity index is 3.20. The maximum absolute atomic E-state index is 5.87. The van der Waals surface area contributed by atoms with Gasteiger partial charge in [-0.2, -0.15) is 0 Å². The molecule has 0 fully saturated rings. The average Bonchev–Trinajstić information content (AvgIpc) is 2.09.